The van der Waals surface area contributed by atoms with Crippen LogP contribution in [0.25, 0.3) is 0 Å². The smallest absolute Gasteiger partial charge is 0.151 e. The molecular formula is C13H12ClNO2. The lowest BCUT2D eigenvalue weighted by molar-refractivity contribution is 0.276. The van der Waals surface area contributed by atoms with Gasteiger partial charge in [-0.25, -0.2) is 0 Å². The molecule has 0 aliphatic heterocycles. The Morgan fingerprint density at radius 2 is 2.12 bits per heavy atom. The second kappa shape index (κ2) is 5.17. The zero-order valence-electron chi connectivity index (χ0n) is 9.35. The minimum atomic E-state index is -0.116. The minimum absolute atomic E-state index is 0.116. The first-order chi connectivity index (χ1) is 8.22. The molecule has 3 nitrogen and oxygen atoms in total. The van der Waals surface area contributed by atoms with E-state index in [2.05, 4.69) is 4.98 Å². The average molecular weight is 250 g/mol. The van der Waals surface area contributed by atoms with Gasteiger partial charge in [0, 0.05) is 11.8 Å². The van der Waals surface area contributed by atoms with Gasteiger partial charge in [0.05, 0.1) is 17.3 Å². The molecule has 2 rings (SSSR count). The topological polar surface area (TPSA) is 42.4 Å². The fourth-order valence-corrected chi connectivity index (χ4v) is 1.71. The van der Waals surface area contributed by atoms with Gasteiger partial charge in [-0.15, -0.1) is 0 Å². The average Bonchev–Trinajstić information content (AvgIpc) is 2.34. The molecule has 0 saturated heterocycles. The van der Waals surface area contributed by atoms with Crippen LogP contribution in [-0.4, -0.2) is 10.1 Å². The van der Waals surface area contributed by atoms with Crippen molar-refractivity contribution in [2.24, 2.45) is 0 Å². The van der Waals surface area contributed by atoms with E-state index in [4.69, 9.17) is 16.3 Å². The maximum absolute atomic E-state index is 9.24. The van der Waals surface area contributed by atoms with E-state index < -0.39 is 0 Å². The van der Waals surface area contributed by atoms with Crippen molar-refractivity contribution in [3.8, 4) is 11.5 Å². The highest BCUT2D eigenvalue weighted by Gasteiger charge is 2.10. The summed E-state index contributed by atoms with van der Waals surface area (Å²) in [6, 6.07) is 8.87. The molecule has 0 fully saturated rings. The summed E-state index contributed by atoms with van der Waals surface area (Å²) >= 11 is 6.05. The third-order valence-electron chi connectivity index (χ3n) is 2.39. The zero-order valence-corrected chi connectivity index (χ0v) is 10.1. The second-order valence-electron chi connectivity index (χ2n) is 3.58. The Bertz CT molecular complexity index is 529. The van der Waals surface area contributed by atoms with Crippen molar-refractivity contribution in [3.05, 3.63) is 52.8 Å². The highest BCUT2D eigenvalue weighted by atomic mass is 35.5. The number of hydrogen-bond donors (Lipinski definition) is 1. The van der Waals surface area contributed by atoms with Crippen LogP contribution in [0.5, 0.6) is 11.5 Å². The number of aliphatic hydroxyl groups is 1. The second-order valence-corrected chi connectivity index (χ2v) is 3.98. The number of halogens is 1. The van der Waals surface area contributed by atoms with Gasteiger partial charge >= 0.3 is 0 Å². The summed E-state index contributed by atoms with van der Waals surface area (Å²) in [6.07, 6.45) is 1.70. The Hall–Kier alpha value is -1.58. The molecule has 0 spiro atoms. The summed E-state index contributed by atoms with van der Waals surface area (Å²) in [5.41, 5.74) is 1.43. The monoisotopic (exact) mass is 249 g/mol. The standard InChI is InChI=1S/C13H12ClNO2/c1-9-12(6-3-7-15-9)17-13-10(8-16)4-2-5-11(13)14/h2-7,16H,8H2,1H3. The Morgan fingerprint density at radius 3 is 2.82 bits per heavy atom. The quantitative estimate of drug-likeness (QED) is 0.907. The van der Waals surface area contributed by atoms with Crippen LogP contribution >= 0.6 is 11.6 Å². The number of pyridine rings is 1. The lowest BCUT2D eigenvalue weighted by Gasteiger charge is -2.12. The first kappa shape index (κ1) is 11.9. The number of nitrogens with zero attached hydrogens (tertiary/aromatic N) is 1. The van der Waals surface area contributed by atoms with E-state index >= 15 is 0 Å². The van der Waals surface area contributed by atoms with Crippen LogP contribution in [0.1, 0.15) is 11.3 Å². The summed E-state index contributed by atoms with van der Waals surface area (Å²) in [6.45, 7) is 1.74. The summed E-state index contributed by atoms with van der Waals surface area (Å²) in [4.78, 5) is 4.13. The fourth-order valence-electron chi connectivity index (χ4n) is 1.48. The largest absolute Gasteiger partial charge is 0.454 e. The van der Waals surface area contributed by atoms with Crippen molar-refractivity contribution < 1.29 is 9.84 Å². The number of benzene rings is 1. The van der Waals surface area contributed by atoms with Crippen molar-refractivity contribution in [1.82, 2.24) is 4.98 Å². The van der Waals surface area contributed by atoms with Crippen molar-refractivity contribution in [3.63, 3.8) is 0 Å². The highest BCUT2D eigenvalue weighted by Crippen LogP contribution is 2.33. The van der Waals surface area contributed by atoms with E-state index in [9.17, 15) is 5.11 Å². The Labute approximate surface area is 105 Å². The SMILES string of the molecule is Cc1ncccc1Oc1c(Cl)cccc1CO. The third-order valence-corrected chi connectivity index (χ3v) is 2.69. The summed E-state index contributed by atoms with van der Waals surface area (Å²) in [7, 11) is 0. The van der Waals surface area contributed by atoms with Gasteiger partial charge in [0.2, 0.25) is 0 Å². The molecule has 1 heterocycles. The van der Waals surface area contributed by atoms with Crippen LogP contribution in [0.3, 0.4) is 0 Å². The molecule has 0 amide bonds. The molecule has 0 saturated carbocycles. The number of hydrogen-bond acceptors (Lipinski definition) is 3. The summed E-state index contributed by atoms with van der Waals surface area (Å²) < 4.78 is 5.71. The molecule has 1 aromatic heterocycles. The number of rotatable bonds is 3. The molecule has 17 heavy (non-hydrogen) atoms. The maximum Gasteiger partial charge on any atom is 0.151 e. The van der Waals surface area contributed by atoms with Crippen LogP contribution in [0, 0.1) is 6.92 Å². The van der Waals surface area contributed by atoms with Crippen molar-refractivity contribution in [1.29, 1.82) is 0 Å². The molecular weight excluding hydrogens is 238 g/mol. The summed E-state index contributed by atoms with van der Waals surface area (Å²) in [5.74, 6) is 1.11. The predicted molar refractivity (Wildman–Crippen MR) is 66.4 cm³/mol. The van der Waals surface area contributed by atoms with Gasteiger partial charge in [0.1, 0.15) is 5.75 Å². The molecule has 88 valence electrons. The molecule has 1 N–H and O–H groups in total. The van der Waals surface area contributed by atoms with E-state index in [0.29, 0.717) is 22.1 Å². The van der Waals surface area contributed by atoms with Crippen LogP contribution < -0.4 is 4.74 Å². The highest BCUT2D eigenvalue weighted by molar-refractivity contribution is 6.32. The van der Waals surface area contributed by atoms with Gasteiger partial charge in [-0.3, -0.25) is 4.98 Å². The number of aliphatic hydroxyl groups excluding tert-OH is 1. The van der Waals surface area contributed by atoms with Gasteiger partial charge in [-0.05, 0) is 25.1 Å². The summed E-state index contributed by atoms with van der Waals surface area (Å²) in [5, 5.41) is 9.71. The van der Waals surface area contributed by atoms with Crippen molar-refractivity contribution >= 4 is 11.6 Å². The van der Waals surface area contributed by atoms with Crippen LogP contribution in [-0.2, 0) is 6.61 Å². The maximum atomic E-state index is 9.24. The molecule has 0 radical (unpaired) electrons. The van der Waals surface area contributed by atoms with Crippen LogP contribution in [0.15, 0.2) is 36.5 Å². The van der Waals surface area contributed by atoms with Crippen LogP contribution in [0.2, 0.25) is 5.02 Å². The number of ether oxygens (including phenoxy) is 1. The van der Waals surface area contributed by atoms with Crippen molar-refractivity contribution in [2.45, 2.75) is 13.5 Å². The molecule has 1 aromatic carbocycles. The molecule has 0 aliphatic carbocycles. The lowest BCUT2D eigenvalue weighted by Crippen LogP contribution is -1.95. The Morgan fingerprint density at radius 1 is 1.29 bits per heavy atom. The zero-order chi connectivity index (χ0) is 12.3. The lowest BCUT2D eigenvalue weighted by atomic mass is 10.2. The fraction of sp³-hybridized carbons (Fsp3) is 0.154. The first-order valence-electron chi connectivity index (χ1n) is 5.20. The van der Waals surface area contributed by atoms with E-state index in [-0.39, 0.29) is 6.61 Å². The normalized spacial score (nSPS) is 10.3. The third kappa shape index (κ3) is 2.57. The van der Waals surface area contributed by atoms with Gasteiger partial charge in [0.25, 0.3) is 0 Å². The first-order valence-corrected chi connectivity index (χ1v) is 5.58. The van der Waals surface area contributed by atoms with E-state index in [1.807, 2.05) is 13.0 Å². The van der Waals surface area contributed by atoms with Gasteiger partial charge in [0.15, 0.2) is 5.75 Å². The van der Waals surface area contributed by atoms with E-state index in [0.717, 1.165) is 5.69 Å². The molecule has 0 aliphatic rings. The molecule has 0 unspecified atom stereocenters. The Kier molecular flexibility index (Phi) is 3.61. The molecule has 2 aromatic rings. The minimum Gasteiger partial charge on any atom is -0.454 e. The van der Waals surface area contributed by atoms with Crippen molar-refractivity contribution in [2.75, 3.05) is 0 Å². The number of aromatic nitrogens is 1. The van der Waals surface area contributed by atoms with E-state index in [1.54, 1.807) is 30.5 Å². The van der Waals surface area contributed by atoms with E-state index in [1.165, 1.54) is 0 Å². The predicted octanol–water partition coefficient (Wildman–Crippen LogP) is 3.33. The van der Waals surface area contributed by atoms with Crippen LogP contribution in [0.4, 0.5) is 0 Å². The molecule has 4 heteroatoms. The number of aryl methyl sites for hydroxylation is 1. The number of para-hydroxylation sites is 1. The van der Waals surface area contributed by atoms with Gasteiger partial charge in [-0.2, -0.15) is 0 Å². The van der Waals surface area contributed by atoms with Gasteiger partial charge in [-0.1, -0.05) is 23.7 Å². The molecule has 0 bridgehead atoms. The Balaban J connectivity index is 2.39. The van der Waals surface area contributed by atoms with Gasteiger partial charge < -0.3 is 9.84 Å². The molecule has 0 atom stereocenters.